The van der Waals surface area contributed by atoms with Crippen molar-refractivity contribution in [1.82, 2.24) is 10.2 Å². The molecule has 2 fully saturated rings. The van der Waals surface area contributed by atoms with E-state index in [0.29, 0.717) is 30.9 Å². The third-order valence-corrected chi connectivity index (χ3v) is 6.14. The third-order valence-electron chi connectivity index (χ3n) is 6.14. The Kier molecular flexibility index (Phi) is 7.50. The highest BCUT2D eigenvalue weighted by Crippen LogP contribution is 2.22. The maximum Gasteiger partial charge on any atom is 0.253 e. The van der Waals surface area contributed by atoms with Crippen LogP contribution in [0.3, 0.4) is 0 Å². The number of nitrogens with one attached hydrogen (secondary N) is 2. The second-order valence-electron chi connectivity index (χ2n) is 8.58. The summed E-state index contributed by atoms with van der Waals surface area (Å²) in [6.07, 6.45) is 3.76. The number of hydrogen-bond donors (Lipinski definition) is 2. The van der Waals surface area contributed by atoms with Gasteiger partial charge in [-0.2, -0.15) is 0 Å². The van der Waals surface area contributed by atoms with Crippen LogP contribution in [0.25, 0.3) is 0 Å². The molecule has 7 heteroatoms. The van der Waals surface area contributed by atoms with Crippen molar-refractivity contribution < 1.29 is 18.7 Å². The largest absolute Gasteiger partial charge is 0.376 e. The number of piperidine rings is 1. The third kappa shape index (κ3) is 5.93. The van der Waals surface area contributed by atoms with E-state index < -0.39 is 0 Å². The summed E-state index contributed by atoms with van der Waals surface area (Å²) in [6.45, 7) is 3.45. The zero-order chi connectivity index (χ0) is 22.3. The maximum absolute atomic E-state index is 13.2. The van der Waals surface area contributed by atoms with Gasteiger partial charge in [0.1, 0.15) is 5.82 Å². The molecule has 2 aliphatic rings. The summed E-state index contributed by atoms with van der Waals surface area (Å²) in [5, 5.41) is 5.90. The first-order valence-electron chi connectivity index (χ1n) is 11.3. The Bertz CT molecular complexity index is 928. The van der Waals surface area contributed by atoms with Crippen LogP contribution in [-0.2, 0) is 16.1 Å². The lowest BCUT2D eigenvalue weighted by Gasteiger charge is -2.32. The Morgan fingerprint density at radius 1 is 1.06 bits per heavy atom. The fourth-order valence-electron chi connectivity index (χ4n) is 4.39. The summed E-state index contributed by atoms with van der Waals surface area (Å²) in [7, 11) is 0. The van der Waals surface area contributed by atoms with Gasteiger partial charge in [0.15, 0.2) is 0 Å². The molecular weight excluding hydrogens is 409 g/mol. The lowest BCUT2D eigenvalue weighted by atomic mass is 9.96. The zero-order valence-electron chi connectivity index (χ0n) is 18.2. The molecule has 2 atom stereocenters. The summed E-state index contributed by atoms with van der Waals surface area (Å²) in [6, 6.07) is 13.6. The van der Waals surface area contributed by atoms with Crippen LogP contribution >= 0.6 is 0 Å². The monoisotopic (exact) mass is 439 g/mol. The smallest absolute Gasteiger partial charge is 0.253 e. The van der Waals surface area contributed by atoms with Gasteiger partial charge in [0.2, 0.25) is 5.91 Å². The zero-order valence-corrected chi connectivity index (χ0v) is 18.2. The number of rotatable bonds is 7. The van der Waals surface area contributed by atoms with Gasteiger partial charge in [-0.1, -0.05) is 24.3 Å². The minimum atomic E-state index is -0.247. The van der Waals surface area contributed by atoms with Crippen LogP contribution in [0.2, 0.25) is 0 Å². The van der Waals surface area contributed by atoms with Gasteiger partial charge in [-0.25, -0.2) is 4.39 Å². The molecule has 32 heavy (non-hydrogen) atoms. The van der Waals surface area contributed by atoms with Gasteiger partial charge in [-0.05, 0) is 62.1 Å². The molecule has 2 aliphatic heterocycles. The van der Waals surface area contributed by atoms with Gasteiger partial charge in [-0.3, -0.25) is 14.5 Å². The Balaban J connectivity index is 1.34. The van der Waals surface area contributed by atoms with Gasteiger partial charge >= 0.3 is 0 Å². The number of hydrogen-bond acceptors (Lipinski definition) is 4. The second kappa shape index (κ2) is 10.7. The highest BCUT2D eigenvalue weighted by atomic mass is 19.1. The summed E-state index contributed by atoms with van der Waals surface area (Å²) < 4.78 is 18.7. The Labute approximate surface area is 188 Å². The lowest BCUT2D eigenvalue weighted by Crippen LogP contribution is -2.40. The molecule has 0 unspecified atom stereocenters. The Hall–Kier alpha value is -2.77. The van der Waals surface area contributed by atoms with E-state index in [1.165, 1.54) is 12.1 Å². The van der Waals surface area contributed by atoms with Gasteiger partial charge in [0.25, 0.3) is 5.91 Å². The van der Waals surface area contributed by atoms with Crippen LogP contribution in [0, 0.1) is 11.7 Å². The second-order valence-corrected chi connectivity index (χ2v) is 8.58. The van der Waals surface area contributed by atoms with Crippen molar-refractivity contribution in [3.63, 3.8) is 0 Å². The molecule has 0 spiro atoms. The van der Waals surface area contributed by atoms with Crippen molar-refractivity contribution in [2.24, 2.45) is 5.92 Å². The number of carbonyl (C=O) groups is 2. The van der Waals surface area contributed by atoms with E-state index in [1.54, 1.807) is 30.3 Å². The molecule has 2 aromatic rings. The summed E-state index contributed by atoms with van der Waals surface area (Å²) in [5.41, 5.74) is 2.01. The van der Waals surface area contributed by atoms with Crippen molar-refractivity contribution in [3.05, 3.63) is 65.5 Å². The summed E-state index contributed by atoms with van der Waals surface area (Å²) >= 11 is 0. The van der Waals surface area contributed by atoms with Crippen molar-refractivity contribution in [2.45, 2.75) is 38.3 Å². The molecule has 0 bridgehead atoms. The van der Waals surface area contributed by atoms with E-state index in [4.69, 9.17) is 4.74 Å². The van der Waals surface area contributed by atoms with Crippen molar-refractivity contribution in [2.75, 3.05) is 31.6 Å². The number of nitrogens with zero attached hydrogens (tertiary/aromatic N) is 1. The predicted molar refractivity (Wildman–Crippen MR) is 121 cm³/mol. The average Bonchev–Trinajstić information content (AvgIpc) is 3.33. The van der Waals surface area contributed by atoms with E-state index in [0.717, 1.165) is 44.4 Å². The fourth-order valence-corrected chi connectivity index (χ4v) is 4.39. The minimum absolute atomic E-state index is 0.0648. The molecule has 2 aromatic carbocycles. The average molecular weight is 440 g/mol. The molecule has 6 nitrogen and oxygen atoms in total. The maximum atomic E-state index is 13.2. The molecule has 0 aliphatic carbocycles. The van der Waals surface area contributed by atoms with Crippen LogP contribution in [0.5, 0.6) is 0 Å². The number of amides is 2. The van der Waals surface area contributed by atoms with Gasteiger partial charge in [0, 0.05) is 26.2 Å². The first-order chi connectivity index (χ1) is 15.6. The molecule has 0 aromatic heterocycles. The van der Waals surface area contributed by atoms with Crippen LogP contribution in [0.15, 0.2) is 48.5 Å². The van der Waals surface area contributed by atoms with E-state index in [-0.39, 0.29) is 29.7 Å². The number of anilines is 1. The highest BCUT2D eigenvalue weighted by molar-refractivity contribution is 6.04. The molecule has 2 saturated heterocycles. The Morgan fingerprint density at radius 3 is 2.66 bits per heavy atom. The molecule has 2 N–H and O–H groups in total. The molecule has 0 saturated carbocycles. The number of para-hydroxylation sites is 1. The van der Waals surface area contributed by atoms with Crippen molar-refractivity contribution >= 4 is 17.5 Å². The molecule has 2 amide bonds. The predicted octanol–water partition coefficient (Wildman–Crippen LogP) is 3.59. The van der Waals surface area contributed by atoms with Crippen molar-refractivity contribution in [3.8, 4) is 0 Å². The van der Waals surface area contributed by atoms with Gasteiger partial charge in [0.05, 0.1) is 23.3 Å². The summed E-state index contributed by atoms with van der Waals surface area (Å²) in [5.74, 6) is -0.693. The van der Waals surface area contributed by atoms with Crippen LogP contribution < -0.4 is 10.6 Å². The SMILES string of the molecule is O=C(NC[C@H]1CCCO1)c1ccccc1NC(=O)[C@@H]1CCCN(Cc2ccc(F)cc2)C1. The number of halogens is 1. The first kappa shape index (κ1) is 22.4. The molecule has 170 valence electrons. The normalized spacial score (nSPS) is 21.3. The quantitative estimate of drug-likeness (QED) is 0.692. The number of ether oxygens (including phenoxy) is 1. The molecule has 0 radical (unpaired) electrons. The topological polar surface area (TPSA) is 70.7 Å². The molecule has 4 rings (SSSR count). The lowest BCUT2D eigenvalue weighted by molar-refractivity contribution is -0.121. The van der Waals surface area contributed by atoms with E-state index in [9.17, 15) is 14.0 Å². The fraction of sp³-hybridized carbons (Fsp3) is 0.440. The number of carbonyl (C=O) groups excluding carboxylic acids is 2. The van der Waals surface area contributed by atoms with Crippen LogP contribution in [0.4, 0.5) is 10.1 Å². The first-order valence-corrected chi connectivity index (χ1v) is 11.3. The van der Waals surface area contributed by atoms with E-state index in [2.05, 4.69) is 15.5 Å². The molecular formula is C25H30FN3O3. The number of likely N-dealkylation sites (tertiary alicyclic amines) is 1. The highest BCUT2D eigenvalue weighted by Gasteiger charge is 2.27. The van der Waals surface area contributed by atoms with Gasteiger partial charge < -0.3 is 15.4 Å². The number of benzene rings is 2. The summed E-state index contributed by atoms with van der Waals surface area (Å²) in [4.78, 5) is 27.9. The minimum Gasteiger partial charge on any atom is -0.376 e. The van der Waals surface area contributed by atoms with Crippen LogP contribution in [0.1, 0.15) is 41.6 Å². The van der Waals surface area contributed by atoms with Crippen LogP contribution in [-0.4, -0.2) is 49.1 Å². The van der Waals surface area contributed by atoms with E-state index >= 15 is 0 Å². The standard InChI is InChI=1S/C25H30FN3O3/c26-20-11-9-18(10-12-20)16-29-13-3-5-19(17-29)24(30)28-23-8-2-1-7-22(23)25(31)27-15-21-6-4-14-32-21/h1-2,7-12,19,21H,3-6,13-17H2,(H,27,31)(H,28,30)/t19-,21-/m1/s1. The molecule has 2 heterocycles. The van der Waals surface area contributed by atoms with Crippen molar-refractivity contribution in [1.29, 1.82) is 0 Å². The van der Waals surface area contributed by atoms with Gasteiger partial charge in [-0.15, -0.1) is 0 Å². The van der Waals surface area contributed by atoms with E-state index in [1.807, 2.05) is 6.07 Å². The Morgan fingerprint density at radius 2 is 1.88 bits per heavy atom.